The number of amides is 1. The molecule has 0 radical (unpaired) electrons. The topological polar surface area (TPSA) is 81.4 Å². The van der Waals surface area contributed by atoms with Crippen molar-refractivity contribution >= 4 is 22.8 Å². The largest absolute Gasteiger partial charge is 0.455 e. The van der Waals surface area contributed by atoms with E-state index in [0.29, 0.717) is 23.1 Å². The van der Waals surface area contributed by atoms with Gasteiger partial charge < -0.3 is 14.6 Å². The molecule has 6 heteroatoms. The first-order chi connectivity index (χ1) is 12.0. The van der Waals surface area contributed by atoms with Gasteiger partial charge in [0.25, 0.3) is 5.91 Å². The second kappa shape index (κ2) is 7.68. The van der Waals surface area contributed by atoms with Gasteiger partial charge in [0.2, 0.25) is 0 Å². The number of hydrogen-bond donors (Lipinski definition) is 1. The standard InChI is InChI=1S/C19H24N2O4/c1-12-6-5-8-15(13(12)2)20-18(22)11-24-19(23)10-16-14-7-3-4-9-17(14)25-21-16/h3-4,7,9,12-13,15H,5-6,8,10-11H2,1-2H3,(H,20,22)/t12-,13-,15+/m1/s1. The Labute approximate surface area is 146 Å². The minimum absolute atomic E-state index is 0.0127. The van der Waals surface area contributed by atoms with Gasteiger partial charge in [-0.3, -0.25) is 9.59 Å². The summed E-state index contributed by atoms with van der Waals surface area (Å²) < 4.78 is 10.3. The van der Waals surface area contributed by atoms with Gasteiger partial charge in [0.15, 0.2) is 12.2 Å². The maximum Gasteiger partial charge on any atom is 0.312 e. The number of nitrogens with zero attached hydrogens (tertiary/aromatic N) is 1. The highest BCUT2D eigenvalue weighted by atomic mass is 16.5. The Hall–Kier alpha value is -2.37. The molecule has 25 heavy (non-hydrogen) atoms. The van der Waals surface area contributed by atoms with E-state index in [4.69, 9.17) is 9.26 Å². The van der Waals surface area contributed by atoms with E-state index in [1.165, 1.54) is 6.42 Å². The summed E-state index contributed by atoms with van der Waals surface area (Å²) in [5.41, 5.74) is 1.15. The number of benzene rings is 1. The molecule has 1 N–H and O–H groups in total. The lowest BCUT2D eigenvalue weighted by molar-refractivity contribution is -0.148. The van der Waals surface area contributed by atoms with E-state index < -0.39 is 5.97 Å². The Morgan fingerprint density at radius 2 is 2.08 bits per heavy atom. The van der Waals surface area contributed by atoms with Crippen molar-refractivity contribution < 1.29 is 18.8 Å². The van der Waals surface area contributed by atoms with Crippen molar-refractivity contribution in [2.24, 2.45) is 11.8 Å². The number of para-hydroxylation sites is 1. The summed E-state index contributed by atoms with van der Waals surface area (Å²) in [6, 6.07) is 7.49. The molecule has 134 valence electrons. The Morgan fingerprint density at radius 1 is 1.28 bits per heavy atom. The van der Waals surface area contributed by atoms with Crippen molar-refractivity contribution in [1.82, 2.24) is 10.5 Å². The van der Waals surface area contributed by atoms with E-state index in [-0.39, 0.29) is 25.0 Å². The summed E-state index contributed by atoms with van der Waals surface area (Å²) in [4.78, 5) is 24.0. The van der Waals surface area contributed by atoms with Crippen LogP contribution in [0.15, 0.2) is 28.8 Å². The van der Waals surface area contributed by atoms with Crippen molar-refractivity contribution in [1.29, 1.82) is 0 Å². The summed E-state index contributed by atoms with van der Waals surface area (Å²) in [5.74, 6) is 0.306. The minimum Gasteiger partial charge on any atom is -0.455 e. The second-order valence-corrected chi connectivity index (χ2v) is 6.90. The predicted molar refractivity (Wildman–Crippen MR) is 92.8 cm³/mol. The third-order valence-electron chi connectivity index (χ3n) is 5.18. The van der Waals surface area contributed by atoms with Crippen LogP contribution in [-0.4, -0.2) is 29.7 Å². The van der Waals surface area contributed by atoms with Crippen molar-refractivity contribution in [3.05, 3.63) is 30.0 Å². The summed E-state index contributed by atoms with van der Waals surface area (Å²) >= 11 is 0. The number of ether oxygens (including phenoxy) is 1. The summed E-state index contributed by atoms with van der Waals surface area (Å²) in [7, 11) is 0. The van der Waals surface area contributed by atoms with E-state index in [9.17, 15) is 9.59 Å². The molecule has 0 aliphatic heterocycles. The molecule has 0 spiro atoms. The minimum atomic E-state index is -0.487. The molecule has 0 unspecified atom stereocenters. The number of rotatable bonds is 5. The lowest BCUT2D eigenvalue weighted by Crippen LogP contribution is -2.45. The van der Waals surface area contributed by atoms with Crippen molar-refractivity contribution in [3.63, 3.8) is 0 Å². The Morgan fingerprint density at radius 3 is 2.92 bits per heavy atom. The van der Waals surface area contributed by atoms with Crippen LogP contribution in [0.1, 0.15) is 38.8 Å². The van der Waals surface area contributed by atoms with Gasteiger partial charge in [-0.2, -0.15) is 0 Å². The number of carbonyl (C=O) groups is 2. The molecule has 1 heterocycles. The zero-order chi connectivity index (χ0) is 17.8. The van der Waals surface area contributed by atoms with Gasteiger partial charge in [-0.25, -0.2) is 0 Å². The highest BCUT2D eigenvalue weighted by molar-refractivity contribution is 5.85. The van der Waals surface area contributed by atoms with Crippen LogP contribution >= 0.6 is 0 Å². The first kappa shape index (κ1) is 17.5. The van der Waals surface area contributed by atoms with E-state index in [1.807, 2.05) is 18.2 Å². The zero-order valence-corrected chi connectivity index (χ0v) is 14.7. The zero-order valence-electron chi connectivity index (χ0n) is 14.7. The van der Waals surface area contributed by atoms with Crippen molar-refractivity contribution in [2.45, 2.75) is 45.6 Å². The molecule has 1 aromatic heterocycles. The molecule has 6 nitrogen and oxygen atoms in total. The number of aromatic nitrogens is 1. The van der Waals surface area contributed by atoms with Crippen LogP contribution in [-0.2, 0) is 20.7 Å². The number of fused-ring (bicyclic) bond motifs is 1. The summed E-state index contributed by atoms with van der Waals surface area (Å²) in [6.45, 7) is 4.12. The molecule has 1 aromatic carbocycles. The van der Waals surface area contributed by atoms with Crippen LogP contribution in [0.5, 0.6) is 0 Å². The second-order valence-electron chi connectivity index (χ2n) is 6.90. The molecule has 1 aliphatic carbocycles. The number of esters is 1. The van der Waals surface area contributed by atoms with Crippen LogP contribution in [0.3, 0.4) is 0 Å². The molecule has 0 saturated heterocycles. The van der Waals surface area contributed by atoms with E-state index >= 15 is 0 Å². The molecule has 1 aliphatic rings. The van der Waals surface area contributed by atoms with Gasteiger partial charge in [0.05, 0.1) is 6.42 Å². The fourth-order valence-corrected chi connectivity index (χ4v) is 3.43. The van der Waals surface area contributed by atoms with Crippen LogP contribution in [0.25, 0.3) is 11.0 Å². The molecule has 3 atom stereocenters. The van der Waals surface area contributed by atoms with Crippen LogP contribution < -0.4 is 5.32 Å². The lowest BCUT2D eigenvalue weighted by atomic mass is 9.78. The molecule has 2 aromatic rings. The molecule has 1 fully saturated rings. The normalized spacial score (nSPS) is 23.4. The maximum atomic E-state index is 12.1. The smallest absolute Gasteiger partial charge is 0.312 e. The molecular formula is C19H24N2O4. The highest BCUT2D eigenvalue weighted by Crippen LogP contribution is 2.29. The maximum absolute atomic E-state index is 12.1. The molecule has 0 bridgehead atoms. The molecule has 3 rings (SSSR count). The van der Waals surface area contributed by atoms with E-state index in [0.717, 1.165) is 18.2 Å². The first-order valence-electron chi connectivity index (χ1n) is 8.83. The Bertz CT molecular complexity index is 755. The van der Waals surface area contributed by atoms with Gasteiger partial charge >= 0.3 is 5.97 Å². The highest BCUT2D eigenvalue weighted by Gasteiger charge is 2.28. The van der Waals surface area contributed by atoms with Crippen LogP contribution in [0.4, 0.5) is 0 Å². The number of hydrogen-bond acceptors (Lipinski definition) is 5. The number of carbonyl (C=O) groups excluding carboxylic acids is 2. The van der Waals surface area contributed by atoms with Gasteiger partial charge in [-0.1, -0.05) is 44.0 Å². The average Bonchev–Trinajstić information content (AvgIpc) is 3.00. The predicted octanol–water partition coefficient (Wildman–Crippen LogP) is 2.85. The van der Waals surface area contributed by atoms with Crippen molar-refractivity contribution in [3.8, 4) is 0 Å². The Kier molecular flexibility index (Phi) is 5.36. The quantitative estimate of drug-likeness (QED) is 0.844. The number of nitrogens with one attached hydrogen (secondary N) is 1. The van der Waals surface area contributed by atoms with Crippen LogP contribution in [0, 0.1) is 11.8 Å². The lowest BCUT2D eigenvalue weighted by Gasteiger charge is -2.34. The van der Waals surface area contributed by atoms with Crippen LogP contribution in [0.2, 0.25) is 0 Å². The monoisotopic (exact) mass is 344 g/mol. The fourth-order valence-electron chi connectivity index (χ4n) is 3.43. The average molecular weight is 344 g/mol. The van der Waals surface area contributed by atoms with Gasteiger partial charge in [-0.15, -0.1) is 0 Å². The molecule has 1 amide bonds. The Balaban J connectivity index is 1.48. The van der Waals surface area contributed by atoms with E-state index in [1.54, 1.807) is 6.07 Å². The first-order valence-corrected chi connectivity index (χ1v) is 8.83. The third kappa shape index (κ3) is 4.18. The molecular weight excluding hydrogens is 320 g/mol. The SMILES string of the molecule is C[C@@H]1[C@H](C)CCC[C@@H]1NC(=O)COC(=O)Cc1noc2ccccc12. The summed E-state index contributed by atoms with van der Waals surface area (Å²) in [6.07, 6.45) is 3.29. The van der Waals surface area contributed by atoms with Gasteiger partial charge in [0, 0.05) is 11.4 Å². The van der Waals surface area contributed by atoms with Gasteiger partial charge in [-0.05, 0) is 30.4 Å². The van der Waals surface area contributed by atoms with E-state index in [2.05, 4.69) is 24.3 Å². The summed E-state index contributed by atoms with van der Waals surface area (Å²) in [5, 5.41) is 7.68. The fraction of sp³-hybridized carbons (Fsp3) is 0.526. The van der Waals surface area contributed by atoms with Gasteiger partial charge in [0.1, 0.15) is 5.69 Å². The molecule has 1 saturated carbocycles. The van der Waals surface area contributed by atoms with Crippen molar-refractivity contribution in [2.75, 3.05) is 6.61 Å². The third-order valence-corrected chi connectivity index (χ3v) is 5.18.